The third-order valence-electron chi connectivity index (χ3n) is 2.65. The number of hydrogen-bond acceptors (Lipinski definition) is 2. The summed E-state index contributed by atoms with van der Waals surface area (Å²) in [5.41, 5.74) is 7.50. The van der Waals surface area contributed by atoms with Crippen molar-refractivity contribution in [2.45, 2.75) is 0 Å². The van der Waals surface area contributed by atoms with Crippen LogP contribution in [0, 0.1) is 0 Å². The Bertz CT molecular complexity index is 674. The van der Waals surface area contributed by atoms with Crippen LogP contribution in [0.25, 0.3) is 0 Å². The lowest BCUT2D eigenvalue weighted by Gasteiger charge is -2.08. The summed E-state index contributed by atoms with van der Waals surface area (Å²) in [4.78, 5) is 16.2. The average molecular weight is 367 g/mol. The lowest BCUT2D eigenvalue weighted by molar-refractivity contribution is 0.102. The fourth-order valence-corrected chi connectivity index (χ4v) is 2.18. The maximum absolute atomic E-state index is 12.1. The van der Waals surface area contributed by atoms with Crippen LogP contribution < -0.4 is 11.1 Å². The SMILES string of the molecule is NC(CCl)=Nc1ccc(NC(=O)c2ccccc2)c(Br)c1. The van der Waals surface area contributed by atoms with Crippen LogP contribution in [0.4, 0.5) is 11.4 Å². The largest absolute Gasteiger partial charge is 0.386 e. The summed E-state index contributed by atoms with van der Waals surface area (Å²) >= 11 is 8.99. The quantitative estimate of drug-likeness (QED) is 0.489. The lowest BCUT2D eigenvalue weighted by Crippen LogP contribution is -2.12. The second-order valence-electron chi connectivity index (χ2n) is 4.22. The van der Waals surface area contributed by atoms with Gasteiger partial charge in [-0.3, -0.25) is 4.79 Å². The molecule has 0 atom stereocenters. The van der Waals surface area contributed by atoms with E-state index in [0.717, 1.165) is 4.47 Å². The molecule has 21 heavy (non-hydrogen) atoms. The molecule has 3 N–H and O–H groups in total. The topological polar surface area (TPSA) is 67.5 Å². The van der Waals surface area contributed by atoms with Crippen LogP contribution in [0.5, 0.6) is 0 Å². The number of amidine groups is 1. The number of anilines is 1. The molecule has 6 heteroatoms. The van der Waals surface area contributed by atoms with Crippen molar-refractivity contribution in [2.75, 3.05) is 11.2 Å². The highest BCUT2D eigenvalue weighted by Crippen LogP contribution is 2.28. The summed E-state index contributed by atoms with van der Waals surface area (Å²) in [7, 11) is 0. The minimum Gasteiger partial charge on any atom is -0.386 e. The summed E-state index contributed by atoms with van der Waals surface area (Å²) < 4.78 is 0.718. The van der Waals surface area contributed by atoms with Gasteiger partial charge in [0.15, 0.2) is 0 Å². The summed E-state index contributed by atoms with van der Waals surface area (Å²) in [6.45, 7) is 0. The standard InChI is InChI=1S/C15H13BrClN3O/c16-12-8-11(19-14(18)9-17)6-7-13(12)20-15(21)10-4-2-1-3-5-10/h1-8H,9H2,(H2,18,19)(H,20,21). The Labute approximate surface area is 136 Å². The molecule has 0 saturated heterocycles. The van der Waals surface area contributed by atoms with Gasteiger partial charge in [-0.25, -0.2) is 4.99 Å². The lowest BCUT2D eigenvalue weighted by atomic mass is 10.2. The van der Waals surface area contributed by atoms with E-state index in [1.165, 1.54) is 0 Å². The van der Waals surface area contributed by atoms with E-state index in [4.69, 9.17) is 17.3 Å². The van der Waals surface area contributed by atoms with Crippen LogP contribution in [0.15, 0.2) is 58.0 Å². The van der Waals surface area contributed by atoms with Gasteiger partial charge in [-0.2, -0.15) is 0 Å². The molecule has 0 heterocycles. The van der Waals surface area contributed by atoms with Gasteiger partial charge in [0, 0.05) is 10.0 Å². The Kier molecular flexibility index (Phi) is 5.36. The molecule has 0 aromatic heterocycles. The second kappa shape index (κ2) is 7.24. The summed E-state index contributed by atoms with van der Waals surface area (Å²) in [6.07, 6.45) is 0. The number of alkyl halides is 1. The van der Waals surface area contributed by atoms with Gasteiger partial charge in [-0.15, -0.1) is 11.6 Å². The molecule has 0 aliphatic heterocycles. The van der Waals surface area contributed by atoms with Crippen molar-refractivity contribution in [1.29, 1.82) is 0 Å². The van der Waals surface area contributed by atoms with Crippen LogP contribution in [0.2, 0.25) is 0 Å². The molecule has 1 amide bonds. The molecule has 108 valence electrons. The van der Waals surface area contributed by atoms with E-state index < -0.39 is 0 Å². The van der Waals surface area contributed by atoms with Crippen molar-refractivity contribution in [3.8, 4) is 0 Å². The first-order chi connectivity index (χ1) is 10.1. The van der Waals surface area contributed by atoms with Crippen LogP contribution in [0.1, 0.15) is 10.4 Å². The maximum atomic E-state index is 12.1. The third-order valence-corrected chi connectivity index (χ3v) is 3.58. The van der Waals surface area contributed by atoms with E-state index in [0.29, 0.717) is 22.8 Å². The van der Waals surface area contributed by atoms with Gasteiger partial charge in [0.25, 0.3) is 5.91 Å². The van der Waals surface area contributed by atoms with Gasteiger partial charge < -0.3 is 11.1 Å². The summed E-state index contributed by atoms with van der Waals surface area (Å²) in [6, 6.07) is 14.3. The Balaban J connectivity index is 2.17. The van der Waals surface area contributed by atoms with E-state index in [1.807, 2.05) is 18.2 Å². The first-order valence-corrected chi connectivity index (χ1v) is 7.48. The molecule has 0 aliphatic carbocycles. The number of halogens is 2. The fraction of sp³-hybridized carbons (Fsp3) is 0.0667. The van der Waals surface area contributed by atoms with Crippen LogP contribution in [-0.2, 0) is 0 Å². The monoisotopic (exact) mass is 365 g/mol. The number of hydrogen-bond donors (Lipinski definition) is 2. The zero-order valence-electron chi connectivity index (χ0n) is 11.0. The Hall–Kier alpha value is -1.85. The average Bonchev–Trinajstić information content (AvgIpc) is 2.50. The van der Waals surface area contributed by atoms with E-state index in [1.54, 1.807) is 30.3 Å². The number of rotatable bonds is 4. The van der Waals surface area contributed by atoms with Gasteiger partial charge in [0.05, 0.1) is 17.3 Å². The Morgan fingerprint density at radius 3 is 2.57 bits per heavy atom. The number of aliphatic imine (C=N–C) groups is 1. The van der Waals surface area contributed by atoms with Crippen molar-refractivity contribution in [1.82, 2.24) is 0 Å². The predicted molar refractivity (Wildman–Crippen MR) is 90.5 cm³/mol. The molecule has 2 rings (SSSR count). The zero-order chi connectivity index (χ0) is 15.2. The van der Waals surface area contributed by atoms with E-state index in [9.17, 15) is 4.79 Å². The molecule has 2 aromatic carbocycles. The second-order valence-corrected chi connectivity index (χ2v) is 5.34. The van der Waals surface area contributed by atoms with Gasteiger partial charge in [-0.05, 0) is 46.3 Å². The van der Waals surface area contributed by atoms with Crippen LogP contribution >= 0.6 is 27.5 Å². The number of carbonyl (C=O) groups is 1. The van der Waals surface area contributed by atoms with E-state index >= 15 is 0 Å². The third kappa shape index (κ3) is 4.31. The highest BCUT2D eigenvalue weighted by atomic mass is 79.9. The van der Waals surface area contributed by atoms with E-state index in [-0.39, 0.29) is 11.8 Å². The van der Waals surface area contributed by atoms with Crippen LogP contribution in [0.3, 0.4) is 0 Å². The van der Waals surface area contributed by atoms with E-state index in [2.05, 4.69) is 26.2 Å². The Morgan fingerprint density at radius 1 is 1.24 bits per heavy atom. The molecule has 0 fully saturated rings. The van der Waals surface area contributed by atoms with Crippen molar-refractivity contribution in [3.63, 3.8) is 0 Å². The first kappa shape index (κ1) is 15.5. The molecule has 0 bridgehead atoms. The molecular formula is C15H13BrClN3O. The number of carbonyl (C=O) groups excluding carboxylic acids is 1. The smallest absolute Gasteiger partial charge is 0.255 e. The maximum Gasteiger partial charge on any atom is 0.255 e. The number of nitrogens with two attached hydrogens (primary N) is 1. The number of nitrogens with zero attached hydrogens (tertiary/aromatic N) is 1. The molecular weight excluding hydrogens is 354 g/mol. The highest BCUT2D eigenvalue weighted by molar-refractivity contribution is 9.10. The molecule has 2 aromatic rings. The van der Waals surface area contributed by atoms with Crippen LogP contribution in [-0.4, -0.2) is 17.6 Å². The molecule has 0 radical (unpaired) electrons. The fourth-order valence-electron chi connectivity index (χ4n) is 1.65. The summed E-state index contributed by atoms with van der Waals surface area (Å²) in [5, 5.41) is 2.83. The minimum absolute atomic E-state index is 0.171. The normalized spacial score (nSPS) is 11.2. The molecule has 0 aliphatic rings. The van der Waals surface area contributed by atoms with Crippen molar-refractivity contribution < 1.29 is 4.79 Å². The van der Waals surface area contributed by atoms with Gasteiger partial charge >= 0.3 is 0 Å². The number of amides is 1. The highest BCUT2D eigenvalue weighted by Gasteiger charge is 2.08. The summed E-state index contributed by atoms with van der Waals surface area (Å²) in [5.74, 6) is 0.335. The predicted octanol–water partition coefficient (Wildman–Crippen LogP) is 3.93. The first-order valence-electron chi connectivity index (χ1n) is 6.15. The van der Waals surface area contributed by atoms with Gasteiger partial charge in [-0.1, -0.05) is 18.2 Å². The zero-order valence-corrected chi connectivity index (χ0v) is 13.4. The minimum atomic E-state index is -0.173. The van der Waals surface area contributed by atoms with Gasteiger partial charge in [0.1, 0.15) is 5.84 Å². The van der Waals surface area contributed by atoms with Gasteiger partial charge in [0.2, 0.25) is 0 Å². The number of benzene rings is 2. The Morgan fingerprint density at radius 2 is 1.95 bits per heavy atom. The number of nitrogens with one attached hydrogen (secondary N) is 1. The van der Waals surface area contributed by atoms with Crippen molar-refractivity contribution in [2.24, 2.45) is 10.7 Å². The molecule has 0 spiro atoms. The molecule has 4 nitrogen and oxygen atoms in total. The van der Waals surface area contributed by atoms with Crippen molar-refractivity contribution in [3.05, 3.63) is 58.6 Å². The molecule has 0 unspecified atom stereocenters. The molecule has 0 saturated carbocycles. The van der Waals surface area contributed by atoms with Crippen molar-refractivity contribution >= 4 is 50.6 Å².